The highest BCUT2D eigenvalue weighted by Gasteiger charge is 2.39. The van der Waals surface area contributed by atoms with Gasteiger partial charge in [0.2, 0.25) is 11.8 Å². The van der Waals surface area contributed by atoms with E-state index in [9.17, 15) is 8.42 Å². The lowest BCUT2D eigenvalue weighted by molar-refractivity contribution is 0.112. The molecule has 8 heteroatoms. The SMILES string of the molecule is Cc1cccc(C)c1-c1cc2nc(n1)NS(=O)(=O)C1=CC=C1CC1CNCC1C(Cc1ccccc1)O2. The Bertz CT molecular complexity index is 1500. The molecule has 2 N–H and O–H groups in total. The zero-order valence-electron chi connectivity index (χ0n) is 20.9. The first kappa shape index (κ1) is 23.9. The minimum absolute atomic E-state index is 0.0161. The van der Waals surface area contributed by atoms with E-state index in [-0.39, 0.29) is 23.9 Å². The van der Waals surface area contributed by atoms with E-state index in [0.717, 1.165) is 41.8 Å². The van der Waals surface area contributed by atoms with Gasteiger partial charge in [-0.3, -0.25) is 0 Å². The molecule has 6 rings (SSSR count). The molecule has 1 aromatic heterocycles. The number of sulfonamides is 1. The van der Waals surface area contributed by atoms with E-state index in [0.29, 0.717) is 22.9 Å². The van der Waals surface area contributed by atoms with Crippen molar-refractivity contribution in [3.63, 3.8) is 0 Å². The summed E-state index contributed by atoms with van der Waals surface area (Å²) in [7, 11) is -3.82. The van der Waals surface area contributed by atoms with Gasteiger partial charge in [-0.25, -0.2) is 18.1 Å². The Hall–Kier alpha value is -3.49. The molecule has 190 valence electrons. The lowest BCUT2D eigenvalue weighted by Crippen LogP contribution is -2.36. The molecule has 0 radical (unpaired) electrons. The van der Waals surface area contributed by atoms with Gasteiger partial charge in [-0.05, 0) is 61.1 Å². The van der Waals surface area contributed by atoms with E-state index in [1.54, 1.807) is 6.08 Å². The maximum absolute atomic E-state index is 13.3. The maximum Gasteiger partial charge on any atom is 0.264 e. The largest absolute Gasteiger partial charge is 0.474 e. The third-order valence-electron chi connectivity index (χ3n) is 7.61. The summed E-state index contributed by atoms with van der Waals surface area (Å²) in [5.74, 6) is 0.830. The fraction of sp³-hybridized carbons (Fsp3) is 0.310. The van der Waals surface area contributed by atoms with E-state index in [1.807, 2.05) is 62.4 Å². The second-order valence-electron chi connectivity index (χ2n) is 10.1. The zero-order valence-corrected chi connectivity index (χ0v) is 21.8. The molecule has 1 fully saturated rings. The van der Waals surface area contributed by atoms with Crippen LogP contribution in [-0.2, 0) is 16.4 Å². The molecule has 3 atom stereocenters. The molecule has 2 aromatic carbocycles. The number of hydrogen-bond acceptors (Lipinski definition) is 6. The van der Waals surface area contributed by atoms with Crippen LogP contribution >= 0.6 is 0 Å². The number of aryl methyl sites for hydroxylation is 2. The lowest BCUT2D eigenvalue weighted by Gasteiger charge is -2.31. The zero-order chi connectivity index (χ0) is 25.6. The number of anilines is 1. The minimum atomic E-state index is -3.82. The van der Waals surface area contributed by atoms with Crippen LogP contribution in [-0.4, -0.2) is 37.6 Å². The first-order chi connectivity index (χ1) is 17.9. The van der Waals surface area contributed by atoms with E-state index in [2.05, 4.69) is 32.1 Å². The molecule has 0 spiro atoms. The van der Waals surface area contributed by atoms with Crippen molar-refractivity contribution in [1.82, 2.24) is 15.3 Å². The average Bonchev–Trinajstić information content (AvgIpc) is 3.29. The fourth-order valence-corrected chi connectivity index (χ4v) is 6.91. The first-order valence-corrected chi connectivity index (χ1v) is 14.2. The van der Waals surface area contributed by atoms with Crippen LogP contribution in [0.1, 0.15) is 23.1 Å². The molecule has 2 aliphatic heterocycles. The smallest absolute Gasteiger partial charge is 0.264 e. The van der Waals surface area contributed by atoms with Crippen LogP contribution in [0.3, 0.4) is 0 Å². The predicted molar refractivity (Wildman–Crippen MR) is 145 cm³/mol. The summed E-state index contributed by atoms with van der Waals surface area (Å²) in [5, 5.41) is 3.52. The molecule has 3 heterocycles. The van der Waals surface area contributed by atoms with Gasteiger partial charge in [0.1, 0.15) is 6.10 Å². The number of rotatable bonds is 3. The summed E-state index contributed by atoms with van der Waals surface area (Å²) < 4.78 is 35.9. The van der Waals surface area contributed by atoms with Crippen LogP contribution in [0.15, 0.2) is 77.2 Å². The van der Waals surface area contributed by atoms with Gasteiger partial charge in [0, 0.05) is 30.5 Å². The molecule has 1 aliphatic carbocycles. The van der Waals surface area contributed by atoms with Gasteiger partial charge in [0.05, 0.1) is 10.6 Å². The van der Waals surface area contributed by atoms with Crippen LogP contribution in [0, 0.1) is 25.7 Å². The molecule has 0 saturated carbocycles. The molecule has 3 aliphatic rings. The van der Waals surface area contributed by atoms with Gasteiger partial charge in [0.15, 0.2) is 0 Å². The monoisotopic (exact) mass is 514 g/mol. The Morgan fingerprint density at radius 2 is 1.76 bits per heavy atom. The highest BCUT2D eigenvalue weighted by atomic mass is 32.2. The van der Waals surface area contributed by atoms with E-state index < -0.39 is 10.0 Å². The Morgan fingerprint density at radius 3 is 2.49 bits per heavy atom. The number of allylic oxidation sites excluding steroid dienone is 3. The number of ether oxygens (including phenoxy) is 1. The van der Waals surface area contributed by atoms with Crippen molar-refractivity contribution < 1.29 is 13.2 Å². The molecule has 3 unspecified atom stereocenters. The van der Waals surface area contributed by atoms with Crippen molar-refractivity contribution in [2.45, 2.75) is 32.8 Å². The molecule has 3 aromatic rings. The fourth-order valence-electron chi connectivity index (χ4n) is 5.73. The van der Waals surface area contributed by atoms with Gasteiger partial charge in [-0.1, -0.05) is 54.6 Å². The molecule has 37 heavy (non-hydrogen) atoms. The Balaban J connectivity index is 1.48. The van der Waals surface area contributed by atoms with E-state index in [4.69, 9.17) is 4.74 Å². The summed E-state index contributed by atoms with van der Waals surface area (Å²) >= 11 is 0. The van der Waals surface area contributed by atoms with Crippen LogP contribution in [0.2, 0.25) is 0 Å². The number of benzene rings is 2. The topological polar surface area (TPSA) is 93.2 Å². The summed E-state index contributed by atoms with van der Waals surface area (Å²) in [6, 6.07) is 18.2. The third-order valence-corrected chi connectivity index (χ3v) is 9.04. The van der Waals surface area contributed by atoms with Crippen LogP contribution < -0.4 is 14.8 Å². The molecule has 2 bridgehead atoms. The summed E-state index contributed by atoms with van der Waals surface area (Å²) in [6.07, 6.45) is 4.84. The van der Waals surface area contributed by atoms with Crippen LogP contribution in [0.5, 0.6) is 5.88 Å². The number of fused-ring (bicyclic) bond motifs is 4. The molecule has 7 nitrogen and oxygen atoms in total. The standard InChI is InChI=1S/C29H30N4O3S/c1-18-7-6-8-19(2)28(18)24-15-27-32-29(31-24)33-37(34,35)26-12-11-21(26)14-22-16-30-17-23(22)25(36-27)13-20-9-4-3-5-10-20/h3-12,15,22-23,25,30H,13-14,16-17H2,1-2H3,(H,31,32,33). The van der Waals surface area contributed by atoms with E-state index in [1.165, 1.54) is 5.56 Å². The average molecular weight is 515 g/mol. The predicted octanol–water partition coefficient (Wildman–Crippen LogP) is 4.56. The van der Waals surface area contributed by atoms with Crippen molar-refractivity contribution >= 4 is 16.0 Å². The number of nitrogens with one attached hydrogen (secondary N) is 2. The van der Waals surface area contributed by atoms with Crippen molar-refractivity contribution in [1.29, 1.82) is 0 Å². The quantitative estimate of drug-likeness (QED) is 0.533. The van der Waals surface area contributed by atoms with Crippen LogP contribution in [0.4, 0.5) is 5.95 Å². The molecule has 1 saturated heterocycles. The summed E-state index contributed by atoms with van der Waals surface area (Å²) in [6.45, 7) is 5.67. The summed E-state index contributed by atoms with van der Waals surface area (Å²) in [5.41, 5.74) is 5.72. The third kappa shape index (κ3) is 4.67. The van der Waals surface area contributed by atoms with E-state index >= 15 is 0 Å². The molecule has 0 amide bonds. The van der Waals surface area contributed by atoms with Crippen molar-refractivity contribution in [2.24, 2.45) is 11.8 Å². The Morgan fingerprint density at radius 1 is 0.973 bits per heavy atom. The van der Waals surface area contributed by atoms with Crippen molar-refractivity contribution in [2.75, 3.05) is 17.8 Å². The number of hydrogen-bond donors (Lipinski definition) is 2. The molecular formula is C29H30N4O3S. The maximum atomic E-state index is 13.3. The minimum Gasteiger partial charge on any atom is -0.474 e. The van der Waals surface area contributed by atoms with Gasteiger partial charge in [0.25, 0.3) is 10.0 Å². The van der Waals surface area contributed by atoms with Crippen LogP contribution in [0.25, 0.3) is 11.3 Å². The van der Waals surface area contributed by atoms with Gasteiger partial charge >= 0.3 is 0 Å². The highest BCUT2D eigenvalue weighted by Crippen LogP contribution is 2.38. The van der Waals surface area contributed by atoms with Gasteiger partial charge in [-0.15, -0.1) is 0 Å². The van der Waals surface area contributed by atoms with Gasteiger partial charge < -0.3 is 10.1 Å². The lowest BCUT2D eigenvalue weighted by atomic mass is 9.82. The highest BCUT2D eigenvalue weighted by molar-refractivity contribution is 7.96. The normalized spacial score (nSPS) is 24.0. The Labute approximate surface area is 217 Å². The molecular weight excluding hydrogens is 484 g/mol. The summed E-state index contributed by atoms with van der Waals surface area (Å²) in [4.78, 5) is 9.50. The Kier molecular flexibility index (Phi) is 6.09. The van der Waals surface area contributed by atoms with Crippen molar-refractivity contribution in [3.8, 4) is 17.1 Å². The first-order valence-electron chi connectivity index (χ1n) is 12.7. The van der Waals surface area contributed by atoms with Gasteiger partial charge in [-0.2, -0.15) is 4.98 Å². The number of aromatic nitrogens is 2. The second-order valence-corrected chi connectivity index (χ2v) is 11.8. The van der Waals surface area contributed by atoms with Crippen molar-refractivity contribution in [3.05, 3.63) is 93.9 Å². The second kappa shape index (κ2) is 9.43. The number of nitrogens with zero attached hydrogens (tertiary/aromatic N) is 2.